The number of aliphatic hydroxyl groups excluding tert-OH is 1. The van der Waals surface area contributed by atoms with Gasteiger partial charge < -0.3 is 5.11 Å². The second-order valence-corrected chi connectivity index (χ2v) is 7.20. The van der Waals surface area contributed by atoms with Crippen LogP contribution in [0.4, 0.5) is 0 Å². The summed E-state index contributed by atoms with van der Waals surface area (Å²) in [5.41, 5.74) is 0.171. The number of aliphatic hydroxyl groups is 1. The normalized spacial score (nSPS) is 33.5. The molecule has 3 nitrogen and oxygen atoms in total. The van der Waals surface area contributed by atoms with Crippen molar-refractivity contribution in [2.24, 2.45) is 5.41 Å². The maximum atomic E-state index is 10.9. The minimum absolute atomic E-state index is 0.168. The molecule has 0 saturated heterocycles. The van der Waals surface area contributed by atoms with Gasteiger partial charge in [-0.05, 0) is 37.5 Å². The Hall–Kier alpha value is -0.0900. The smallest absolute Gasteiger partial charge is 0.147 e. The molecule has 0 spiro atoms. The Morgan fingerprint density at radius 3 is 2.57 bits per heavy atom. The summed E-state index contributed by atoms with van der Waals surface area (Å²) >= 11 is 0. The zero-order valence-corrected chi connectivity index (χ0v) is 9.81. The third-order valence-corrected chi connectivity index (χ3v) is 4.14. The summed E-state index contributed by atoms with van der Waals surface area (Å²) in [5.74, 6) is 0.276. The molecule has 4 heteroatoms. The van der Waals surface area contributed by atoms with Crippen molar-refractivity contribution in [3.8, 4) is 0 Å². The zero-order chi connectivity index (χ0) is 10.8. The van der Waals surface area contributed by atoms with Crippen molar-refractivity contribution >= 4 is 9.84 Å². The molecule has 0 amide bonds. The summed E-state index contributed by atoms with van der Waals surface area (Å²) in [4.78, 5) is 0. The maximum absolute atomic E-state index is 10.9. The molecule has 0 aliphatic heterocycles. The van der Waals surface area contributed by atoms with E-state index in [0.717, 1.165) is 32.1 Å². The van der Waals surface area contributed by atoms with Crippen LogP contribution in [0.2, 0.25) is 0 Å². The number of hydrogen-bond donors (Lipinski definition) is 1. The molecule has 0 radical (unpaired) electrons. The number of rotatable bonds is 4. The average Bonchev–Trinajstić information content (AvgIpc) is 2.28. The molecular formula is C10H20O3S. The van der Waals surface area contributed by atoms with Gasteiger partial charge in [0.1, 0.15) is 9.84 Å². The predicted molar refractivity (Wildman–Crippen MR) is 56.9 cm³/mol. The van der Waals surface area contributed by atoms with E-state index >= 15 is 0 Å². The monoisotopic (exact) mass is 220 g/mol. The van der Waals surface area contributed by atoms with E-state index in [1.54, 1.807) is 0 Å². The van der Waals surface area contributed by atoms with Crippen molar-refractivity contribution in [1.29, 1.82) is 0 Å². The van der Waals surface area contributed by atoms with E-state index in [1.807, 2.05) is 0 Å². The second kappa shape index (κ2) is 4.19. The van der Waals surface area contributed by atoms with E-state index in [1.165, 1.54) is 6.26 Å². The van der Waals surface area contributed by atoms with E-state index in [0.29, 0.717) is 0 Å². The van der Waals surface area contributed by atoms with Crippen molar-refractivity contribution in [3.05, 3.63) is 0 Å². The minimum atomic E-state index is -2.82. The number of sulfone groups is 1. The van der Waals surface area contributed by atoms with Crippen LogP contribution in [0, 0.1) is 5.41 Å². The molecule has 1 rings (SSSR count). The summed E-state index contributed by atoms with van der Waals surface area (Å²) in [6, 6.07) is 0. The van der Waals surface area contributed by atoms with Gasteiger partial charge in [-0.1, -0.05) is 6.92 Å². The first-order valence-corrected chi connectivity index (χ1v) is 7.23. The molecule has 1 aliphatic carbocycles. The van der Waals surface area contributed by atoms with Gasteiger partial charge in [-0.2, -0.15) is 0 Å². The molecule has 2 atom stereocenters. The van der Waals surface area contributed by atoms with Crippen LogP contribution in [0.15, 0.2) is 0 Å². The third-order valence-electron chi connectivity index (χ3n) is 3.10. The molecule has 1 aliphatic rings. The lowest BCUT2D eigenvalue weighted by Gasteiger charge is -2.22. The van der Waals surface area contributed by atoms with Gasteiger partial charge in [-0.25, -0.2) is 8.42 Å². The van der Waals surface area contributed by atoms with Crippen molar-refractivity contribution in [1.82, 2.24) is 0 Å². The summed E-state index contributed by atoms with van der Waals surface area (Å²) in [6.07, 6.45) is 5.47. The number of hydrogen-bond acceptors (Lipinski definition) is 3. The molecule has 0 aromatic carbocycles. The van der Waals surface area contributed by atoms with Crippen LogP contribution in [0.5, 0.6) is 0 Å². The van der Waals surface area contributed by atoms with Gasteiger partial charge in [0.2, 0.25) is 0 Å². The summed E-state index contributed by atoms with van der Waals surface area (Å²) < 4.78 is 21.8. The van der Waals surface area contributed by atoms with Gasteiger partial charge in [-0.15, -0.1) is 0 Å². The highest BCUT2D eigenvalue weighted by Gasteiger charge is 2.33. The van der Waals surface area contributed by atoms with Gasteiger partial charge in [0.05, 0.1) is 6.10 Å². The topological polar surface area (TPSA) is 54.4 Å². The molecule has 1 N–H and O–H groups in total. The second-order valence-electron chi connectivity index (χ2n) is 4.94. The Morgan fingerprint density at radius 1 is 1.50 bits per heavy atom. The van der Waals surface area contributed by atoms with Gasteiger partial charge in [0, 0.05) is 12.0 Å². The molecule has 0 aromatic rings. The quantitative estimate of drug-likeness (QED) is 0.778. The minimum Gasteiger partial charge on any atom is -0.393 e. The molecule has 84 valence electrons. The largest absolute Gasteiger partial charge is 0.393 e. The van der Waals surface area contributed by atoms with E-state index < -0.39 is 9.84 Å². The van der Waals surface area contributed by atoms with Crippen LogP contribution in [0.25, 0.3) is 0 Å². The fourth-order valence-corrected chi connectivity index (χ4v) is 2.94. The van der Waals surface area contributed by atoms with Crippen molar-refractivity contribution < 1.29 is 13.5 Å². The molecule has 0 aromatic heterocycles. The standard InChI is InChI=1S/C10H20O3S/c1-10(6-4-9(11)8-10)5-3-7-14(2,12)13/h9,11H,3-8H2,1-2H3. The highest BCUT2D eigenvalue weighted by molar-refractivity contribution is 7.90. The molecule has 2 unspecified atom stereocenters. The fraction of sp³-hybridized carbons (Fsp3) is 1.00. The predicted octanol–water partition coefficient (Wildman–Crippen LogP) is 1.36. The molecule has 1 fully saturated rings. The van der Waals surface area contributed by atoms with E-state index in [9.17, 15) is 13.5 Å². The Labute approximate surface area is 86.4 Å². The highest BCUT2D eigenvalue weighted by atomic mass is 32.2. The van der Waals surface area contributed by atoms with Crippen LogP contribution < -0.4 is 0 Å². The Kier molecular flexibility index (Phi) is 3.58. The molecule has 14 heavy (non-hydrogen) atoms. The maximum Gasteiger partial charge on any atom is 0.147 e. The summed E-state index contributed by atoms with van der Waals surface area (Å²) in [7, 11) is -2.82. The SMILES string of the molecule is CC1(CCCS(C)(=O)=O)CCC(O)C1. The lowest BCUT2D eigenvalue weighted by atomic mass is 9.84. The molecule has 0 bridgehead atoms. The van der Waals surface area contributed by atoms with Crippen molar-refractivity contribution in [2.45, 2.75) is 45.1 Å². The molecular weight excluding hydrogens is 200 g/mol. The first-order valence-electron chi connectivity index (χ1n) is 5.17. The van der Waals surface area contributed by atoms with Crippen LogP contribution in [-0.2, 0) is 9.84 Å². The lowest BCUT2D eigenvalue weighted by molar-refractivity contribution is 0.160. The van der Waals surface area contributed by atoms with Crippen LogP contribution in [-0.4, -0.2) is 31.6 Å². The first kappa shape index (κ1) is 12.0. The average molecular weight is 220 g/mol. The first-order chi connectivity index (χ1) is 6.31. The summed E-state index contributed by atoms with van der Waals surface area (Å²) in [6.45, 7) is 2.14. The lowest BCUT2D eigenvalue weighted by Crippen LogP contribution is -2.15. The van der Waals surface area contributed by atoms with Gasteiger partial charge in [-0.3, -0.25) is 0 Å². The Balaban J connectivity index is 2.31. The van der Waals surface area contributed by atoms with E-state index in [-0.39, 0.29) is 17.3 Å². The van der Waals surface area contributed by atoms with Gasteiger partial charge in [0.25, 0.3) is 0 Å². The molecule has 1 saturated carbocycles. The summed E-state index contributed by atoms with van der Waals surface area (Å²) in [5, 5.41) is 9.41. The van der Waals surface area contributed by atoms with Crippen LogP contribution in [0.1, 0.15) is 39.0 Å². The van der Waals surface area contributed by atoms with Crippen molar-refractivity contribution in [2.75, 3.05) is 12.0 Å². The van der Waals surface area contributed by atoms with Crippen LogP contribution in [0.3, 0.4) is 0 Å². The van der Waals surface area contributed by atoms with Crippen LogP contribution >= 0.6 is 0 Å². The molecule has 0 heterocycles. The third kappa shape index (κ3) is 3.96. The zero-order valence-electron chi connectivity index (χ0n) is 8.99. The van der Waals surface area contributed by atoms with E-state index in [2.05, 4.69) is 6.92 Å². The van der Waals surface area contributed by atoms with Gasteiger partial charge >= 0.3 is 0 Å². The highest BCUT2D eigenvalue weighted by Crippen LogP contribution is 2.41. The van der Waals surface area contributed by atoms with Gasteiger partial charge in [0.15, 0.2) is 0 Å². The fourth-order valence-electron chi connectivity index (χ4n) is 2.28. The Bertz CT molecular complexity index is 284. The van der Waals surface area contributed by atoms with Crippen molar-refractivity contribution in [3.63, 3.8) is 0 Å². The Morgan fingerprint density at radius 2 is 2.14 bits per heavy atom. The van der Waals surface area contributed by atoms with E-state index in [4.69, 9.17) is 0 Å².